The summed E-state index contributed by atoms with van der Waals surface area (Å²) in [5, 5.41) is 8.21. The van der Waals surface area contributed by atoms with Gasteiger partial charge in [-0.2, -0.15) is 5.10 Å². The number of aromatic nitrogens is 2. The average molecular weight is 421 g/mol. The van der Waals surface area contributed by atoms with Crippen molar-refractivity contribution in [2.75, 3.05) is 11.9 Å². The van der Waals surface area contributed by atoms with Crippen LogP contribution in [0.5, 0.6) is 0 Å². The smallest absolute Gasteiger partial charge is 0.259 e. The van der Waals surface area contributed by atoms with Crippen LogP contribution in [0.15, 0.2) is 61.8 Å². The zero-order valence-corrected chi connectivity index (χ0v) is 19.2. The molecule has 1 aromatic heterocycles. The molecule has 1 aliphatic rings. The molecule has 0 saturated heterocycles. The van der Waals surface area contributed by atoms with E-state index < -0.39 is 0 Å². The summed E-state index contributed by atoms with van der Waals surface area (Å²) in [6, 6.07) is 10.8. The first kappa shape index (κ1) is 22.9. The molecule has 0 radical (unpaired) electrons. The quantitative estimate of drug-likeness (QED) is 0.469. The lowest BCUT2D eigenvalue weighted by atomic mass is 9.85. The van der Waals surface area contributed by atoms with E-state index in [1.165, 1.54) is 5.56 Å². The van der Waals surface area contributed by atoms with E-state index in [2.05, 4.69) is 68.6 Å². The van der Waals surface area contributed by atoms with Crippen molar-refractivity contribution < 1.29 is 4.79 Å². The molecule has 1 amide bonds. The fraction of sp³-hybridized carbons (Fsp3) is 0.462. The Morgan fingerprint density at radius 3 is 2.52 bits per heavy atom. The maximum atomic E-state index is 13.9. The second kappa shape index (κ2) is 9.99. The van der Waals surface area contributed by atoms with Crippen molar-refractivity contribution >= 4 is 11.7 Å². The summed E-state index contributed by atoms with van der Waals surface area (Å²) >= 11 is 0. The van der Waals surface area contributed by atoms with E-state index in [-0.39, 0.29) is 23.5 Å². The second-order valence-corrected chi connectivity index (χ2v) is 8.56. The molecule has 2 aromatic rings. The van der Waals surface area contributed by atoms with E-state index in [1.54, 1.807) is 6.20 Å². The molecule has 1 aromatic carbocycles. The monoisotopic (exact) mass is 420 g/mol. The van der Waals surface area contributed by atoms with Gasteiger partial charge in [0, 0.05) is 12.1 Å². The van der Waals surface area contributed by atoms with Crippen molar-refractivity contribution in [2.24, 2.45) is 0 Å². The van der Waals surface area contributed by atoms with E-state index in [0.717, 1.165) is 37.9 Å². The summed E-state index contributed by atoms with van der Waals surface area (Å²) in [4.78, 5) is 16.0. The van der Waals surface area contributed by atoms with Gasteiger partial charge in [0.2, 0.25) is 0 Å². The zero-order valence-electron chi connectivity index (χ0n) is 19.2. The number of rotatable bonds is 10. The van der Waals surface area contributed by atoms with Gasteiger partial charge < -0.3 is 10.2 Å². The minimum Gasteiger partial charge on any atom is -0.363 e. The standard InChI is InChI=1S/C26H36N4O/c1-6-15-26(9-4,16-7-2)29(17-8-3)25(31)22-19-27-30-20(5)18-23(28-24(22)30)21-13-11-10-12-14-21/h6-7,10-14,19-20,23,28H,1-2,8-9,15-18H2,3-5H3. The van der Waals surface area contributed by atoms with Crippen LogP contribution in [0.2, 0.25) is 0 Å². The number of nitrogens with one attached hydrogen (secondary N) is 1. The number of benzene rings is 1. The van der Waals surface area contributed by atoms with E-state index in [1.807, 2.05) is 27.8 Å². The Kier molecular flexibility index (Phi) is 7.37. The molecule has 2 unspecified atom stereocenters. The summed E-state index contributed by atoms with van der Waals surface area (Å²) in [5.74, 6) is 0.850. The number of carbonyl (C=O) groups excluding carboxylic acids is 1. The molecule has 31 heavy (non-hydrogen) atoms. The molecular formula is C26H36N4O. The molecule has 1 aliphatic heterocycles. The molecule has 0 saturated carbocycles. The van der Waals surface area contributed by atoms with Crippen LogP contribution < -0.4 is 5.32 Å². The lowest BCUT2D eigenvalue weighted by Crippen LogP contribution is -2.51. The predicted octanol–water partition coefficient (Wildman–Crippen LogP) is 6.15. The highest BCUT2D eigenvalue weighted by Gasteiger charge is 2.39. The van der Waals surface area contributed by atoms with Gasteiger partial charge >= 0.3 is 0 Å². The zero-order chi connectivity index (χ0) is 22.4. The van der Waals surface area contributed by atoms with Crippen molar-refractivity contribution in [3.05, 3.63) is 73.0 Å². The maximum Gasteiger partial charge on any atom is 0.259 e. The highest BCUT2D eigenvalue weighted by atomic mass is 16.2. The molecular weight excluding hydrogens is 384 g/mol. The third-order valence-electron chi connectivity index (χ3n) is 6.50. The molecule has 3 rings (SSSR count). The van der Waals surface area contributed by atoms with Gasteiger partial charge in [-0.1, -0.05) is 56.3 Å². The summed E-state index contributed by atoms with van der Waals surface area (Å²) in [6.45, 7) is 15.0. The van der Waals surface area contributed by atoms with Crippen molar-refractivity contribution in [1.29, 1.82) is 0 Å². The van der Waals surface area contributed by atoms with Crippen LogP contribution in [0, 0.1) is 0 Å². The Hall–Kier alpha value is -2.82. The van der Waals surface area contributed by atoms with Gasteiger partial charge in [0.15, 0.2) is 0 Å². The first-order chi connectivity index (χ1) is 15.0. The Balaban J connectivity index is 1.99. The van der Waals surface area contributed by atoms with Crippen molar-refractivity contribution in [1.82, 2.24) is 14.7 Å². The number of hydrogen-bond acceptors (Lipinski definition) is 3. The molecule has 2 atom stereocenters. The Morgan fingerprint density at radius 2 is 1.94 bits per heavy atom. The van der Waals surface area contributed by atoms with Crippen molar-refractivity contribution in [3.8, 4) is 0 Å². The van der Waals surface area contributed by atoms with Crippen LogP contribution >= 0.6 is 0 Å². The van der Waals surface area contributed by atoms with Crippen LogP contribution in [-0.4, -0.2) is 32.7 Å². The van der Waals surface area contributed by atoms with E-state index in [0.29, 0.717) is 12.1 Å². The minimum absolute atomic E-state index is 0.0297. The van der Waals surface area contributed by atoms with Gasteiger partial charge in [0.1, 0.15) is 11.4 Å². The van der Waals surface area contributed by atoms with Gasteiger partial charge in [0.05, 0.1) is 18.3 Å². The normalized spacial score (nSPS) is 18.0. The summed E-state index contributed by atoms with van der Waals surface area (Å²) in [6.07, 6.45) is 9.71. The van der Waals surface area contributed by atoms with Crippen LogP contribution in [0.25, 0.3) is 0 Å². The lowest BCUT2D eigenvalue weighted by Gasteiger charge is -2.43. The van der Waals surface area contributed by atoms with E-state index in [4.69, 9.17) is 0 Å². The predicted molar refractivity (Wildman–Crippen MR) is 128 cm³/mol. The maximum absolute atomic E-state index is 13.9. The molecule has 0 spiro atoms. The van der Waals surface area contributed by atoms with Crippen molar-refractivity contribution in [2.45, 2.75) is 70.5 Å². The Bertz CT molecular complexity index is 891. The number of amides is 1. The van der Waals surface area contributed by atoms with Gasteiger partial charge in [-0.05, 0) is 44.6 Å². The Labute approximate surface area is 186 Å². The van der Waals surface area contributed by atoms with Crippen LogP contribution in [0.3, 0.4) is 0 Å². The minimum atomic E-state index is -0.315. The molecule has 5 nitrogen and oxygen atoms in total. The molecule has 0 aliphatic carbocycles. The van der Waals surface area contributed by atoms with Gasteiger partial charge in [0.25, 0.3) is 5.91 Å². The molecule has 1 N–H and O–H groups in total. The van der Waals surface area contributed by atoms with Gasteiger partial charge in [-0.3, -0.25) is 4.79 Å². The molecule has 2 heterocycles. The number of fused-ring (bicyclic) bond motifs is 1. The number of anilines is 1. The molecule has 166 valence electrons. The largest absolute Gasteiger partial charge is 0.363 e. The summed E-state index contributed by atoms with van der Waals surface area (Å²) in [7, 11) is 0. The van der Waals surface area contributed by atoms with Gasteiger partial charge in [-0.15, -0.1) is 13.2 Å². The van der Waals surface area contributed by atoms with E-state index in [9.17, 15) is 4.79 Å². The first-order valence-electron chi connectivity index (χ1n) is 11.4. The van der Waals surface area contributed by atoms with E-state index >= 15 is 0 Å². The average Bonchev–Trinajstić information content (AvgIpc) is 3.22. The number of hydrogen-bond donors (Lipinski definition) is 1. The Morgan fingerprint density at radius 1 is 1.26 bits per heavy atom. The highest BCUT2D eigenvalue weighted by molar-refractivity contribution is 5.99. The van der Waals surface area contributed by atoms with Crippen LogP contribution in [0.4, 0.5) is 5.82 Å². The molecule has 5 heteroatoms. The number of carbonyl (C=O) groups is 1. The van der Waals surface area contributed by atoms with Crippen LogP contribution in [-0.2, 0) is 0 Å². The lowest BCUT2D eigenvalue weighted by molar-refractivity contribution is 0.0461. The number of nitrogens with zero attached hydrogens (tertiary/aromatic N) is 3. The molecule has 0 fully saturated rings. The fourth-order valence-electron chi connectivity index (χ4n) is 4.81. The topological polar surface area (TPSA) is 50.2 Å². The van der Waals surface area contributed by atoms with Crippen LogP contribution in [0.1, 0.15) is 80.9 Å². The second-order valence-electron chi connectivity index (χ2n) is 8.56. The highest BCUT2D eigenvalue weighted by Crippen LogP contribution is 2.38. The fourth-order valence-corrected chi connectivity index (χ4v) is 4.81. The van der Waals surface area contributed by atoms with Gasteiger partial charge in [-0.25, -0.2) is 4.68 Å². The summed E-state index contributed by atoms with van der Waals surface area (Å²) < 4.78 is 1.96. The first-order valence-corrected chi connectivity index (χ1v) is 11.4. The third kappa shape index (κ3) is 4.46. The SMILES string of the molecule is C=CCC(CC)(CC=C)N(CCC)C(=O)c1cnn2c1NC(c1ccccc1)CC2C. The van der Waals surface area contributed by atoms with Crippen molar-refractivity contribution in [3.63, 3.8) is 0 Å². The summed E-state index contributed by atoms with van der Waals surface area (Å²) in [5.41, 5.74) is 1.56. The third-order valence-corrected chi connectivity index (χ3v) is 6.50. The molecule has 0 bridgehead atoms.